The third-order valence-corrected chi connectivity index (χ3v) is 5.22. The van der Waals surface area contributed by atoms with Crippen molar-refractivity contribution >= 4 is 12.1 Å². The zero-order chi connectivity index (χ0) is 17.5. The lowest BCUT2D eigenvalue weighted by Crippen LogP contribution is -2.47. The molecule has 2 aliphatic carbocycles. The van der Waals surface area contributed by atoms with Crippen molar-refractivity contribution in [3.63, 3.8) is 0 Å². The van der Waals surface area contributed by atoms with E-state index >= 15 is 0 Å². The van der Waals surface area contributed by atoms with Crippen LogP contribution in [-0.4, -0.2) is 50.4 Å². The Labute approximate surface area is 141 Å². The number of esters is 1. The van der Waals surface area contributed by atoms with Crippen molar-refractivity contribution in [2.75, 3.05) is 20.3 Å². The van der Waals surface area contributed by atoms with Crippen LogP contribution in [0.5, 0.6) is 0 Å². The molecule has 7 nitrogen and oxygen atoms in total. The fourth-order valence-electron chi connectivity index (χ4n) is 4.13. The van der Waals surface area contributed by atoms with Gasteiger partial charge in [0, 0.05) is 31.1 Å². The molecule has 2 saturated carbocycles. The number of rotatable bonds is 2. The fraction of sp³-hybridized carbons (Fsp3) is 0.882. The summed E-state index contributed by atoms with van der Waals surface area (Å²) in [6, 6.07) is 0. The third-order valence-electron chi connectivity index (χ3n) is 5.22. The summed E-state index contributed by atoms with van der Waals surface area (Å²) < 4.78 is 27.5. The maximum atomic E-state index is 11.6. The highest BCUT2D eigenvalue weighted by Gasteiger charge is 2.59. The van der Waals surface area contributed by atoms with E-state index in [1.165, 1.54) is 14.0 Å². The second-order valence-corrected chi connectivity index (χ2v) is 7.90. The Morgan fingerprint density at radius 3 is 2.33 bits per heavy atom. The fourth-order valence-corrected chi connectivity index (χ4v) is 4.13. The summed E-state index contributed by atoms with van der Waals surface area (Å²) in [5.41, 5.74) is 0.00510. The minimum absolute atomic E-state index is 0.00510. The zero-order valence-corrected chi connectivity index (χ0v) is 14.7. The van der Waals surface area contributed by atoms with Gasteiger partial charge in [-0.15, -0.1) is 0 Å². The van der Waals surface area contributed by atoms with Crippen molar-refractivity contribution in [3.8, 4) is 0 Å². The highest BCUT2D eigenvalue weighted by molar-refractivity contribution is 5.66. The van der Waals surface area contributed by atoms with E-state index in [1.54, 1.807) is 0 Å². The number of hydrogen-bond acceptors (Lipinski definition) is 7. The Morgan fingerprint density at radius 2 is 1.75 bits per heavy atom. The second-order valence-electron chi connectivity index (χ2n) is 7.90. The molecular formula is C17H26O7. The van der Waals surface area contributed by atoms with Gasteiger partial charge in [-0.05, 0) is 12.3 Å². The first-order valence-electron chi connectivity index (χ1n) is 8.43. The molecule has 0 aromatic heterocycles. The molecule has 0 bridgehead atoms. The first kappa shape index (κ1) is 17.5. The summed E-state index contributed by atoms with van der Waals surface area (Å²) in [6.07, 6.45) is 0.288. The van der Waals surface area contributed by atoms with Crippen LogP contribution >= 0.6 is 0 Å². The Bertz CT molecular complexity index is 505. The molecule has 0 N–H and O–H groups in total. The summed E-state index contributed by atoms with van der Waals surface area (Å²) in [5.74, 6) is -0.719. The van der Waals surface area contributed by atoms with E-state index in [0.29, 0.717) is 26.1 Å². The van der Waals surface area contributed by atoms with Gasteiger partial charge in [0.15, 0.2) is 5.79 Å². The van der Waals surface area contributed by atoms with Crippen LogP contribution in [0.4, 0.5) is 4.79 Å². The lowest BCUT2D eigenvalue weighted by atomic mass is 9.94. The van der Waals surface area contributed by atoms with Crippen molar-refractivity contribution in [2.24, 2.45) is 17.3 Å². The van der Waals surface area contributed by atoms with Crippen LogP contribution in [0.2, 0.25) is 0 Å². The number of methoxy groups -OCH3 is 1. The van der Waals surface area contributed by atoms with Gasteiger partial charge in [0.05, 0.1) is 20.3 Å². The predicted molar refractivity (Wildman–Crippen MR) is 82.1 cm³/mol. The van der Waals surface area contributed by atoms with E-state index in [-0.39, 0.29) is 23.2 Å². The van der Waals surface area contributed by atoms with Crippen LogP contribution < -0.4 is 0 Å². The lowest BCUT2D eigenvalue weighted by Gasteiger charge is -2.42. The van der Waals surface area contributed by atoms with E-state index < -0.39 is 24.2 Å². The summed E-state index contributed by atoms with van der Waals surface area (Å²) in [6.45, 7) is 6.86. The largest absolute Gasteiger partial charge is 0.508 e. The summed E-state index contributed by atoms with van der Waals surface area (Å²) >= 11 is 0. The average Bonchev–Trinajstić information content (AvgIpc) is 2.98. The third kappa shape index (κ3) is 3.37. The molecule has 3 aliphatic rings. The van der Waals surface area contributed by atoms with Crippen LogP contribution in [0.25, 0.3) is 0 Å². The minimum Gasteiger partial charge on any atom is -0.459 e. The number of carbonyl (C=O) groups is 2. The van der Waals surface area contributed by atoms with Crippen LogP contribution in [-0.2, 0) is 28.5 Å². The summed E-state index contributed by atoms with van der Waals surface area (Å²) in [5, 5.41) is 0. The molecule has 4 atom stereocenters. The highest BCUT2D eigenvalue weighted by Crippen LogP contribution is 2.54. The van der Waals surface area contributed by atoms with Crippen LogP contribution in [0.1, 0.15) is 40.0 Å². The van der Waals surface area contributed by atoms with Crippen molar-refractivity contribution < 1.29 is 33.3 Å². The molecule has 7 heteroatoms. The first-order chi connectivity index (χ1) is 11.2. The van der Waals surface area contributed by atoms with E-state index in [9.17, 15) is 9.59 Å². The number of ether oxygens (including phenoxy) is 5. The van der Waals surface area contributed by atoms with Crippen molar-refractivity contribution in [1.82, 2.24) is 0 Å². The molecule has 1 spiro atoms. The van der Waals surface area contributed by atoms with Crippen LogP contribution in [0.3, 0.4) is 0 Å². The van der Waals surface area contributed by atoms with Gasteiger partial charge < -0.3 is 23.7 Å². The first-order valence-corrected chi connectivity index (χ1v) is 8.43. The molecule has 136 valence electrons. The molecular weight excluding hydrogens is 316 g/mol. The maximum Gasteiger partial charge on any atom is 0.508 e. The predicted octanol–water partition coefficient (Wildman–Crippen LogP) is 2.27. The molecule has 0 aromatic rings. The molecule has 0 unspecified atom stereocenters. The SMILES string of the molecule is COC(=O)O[C@@H]1[C@@H]2CC3(C[C@@H]2C[C@H]1OC(C)=O)OCC(C)(C)CO3. The van der Waals surface area contributed by atoms with E-state index in [2.05, 4.69) is 18.6 Å². The van der Waals surface area contributed by atoms with Crippen LogP contribution in [0, 0.1) is 17.3 Å². The van der Waals surface area contributed by atoms with Gasteiger partial charge in [0.2, 0.25) is 0 Å². The molecule has 0 radical (unpaired) electrons. The normalized spacial score (nSPS) is 36.2. The van der Waals surface area contributed by atoms with Gasteiger partial charge in [0.25, 0.3) is 0 Å². The Morgan fingerprint density at radius 1 is 1.08 bits per heavy atom. The van der Waals surface area contributed by atoms with Gasteiger partial charge in [-0.25, -0.2) is 4.79 Å². The number of fused-ring (bicyclic) bond motifs is 1. The monoisotopic (exact) mass is 342 g/mol. The Hall–Kier alpha value is -1.34. The highest BCUT2D eigenvalue weighted by atomic mass is 16.7. The molecule has 0 aromatic carbocycles. The number of carbonyl (C=O) groups excluding carboxylic acids is 2. The zero-order valence-electron chi connectivity index (χ0n) is 14.7. The van der Waals surface area contributed by atoms with E-state index in [4.69, 9.17) is 18.9 Å². The second kappa shape index (κ2) is 6.19. The Balaban J connectivity index is 1.71. The van der Waals surface area contributed by atoms with Crippen LogP contribution in [0.15, 0.2) is 0 Å². The minimum atomic E-state index is -0.759. The van der Waals surface area contributed by atoms with Gasteiger partial charge in [-0.2, -0.15) is 0 Å². The van der Waals surface area contributed by atoms with Crippen molar-refractivity contribution in [3.05, 3.63) is 0 Å². The average molecular weight is 342 g/mol. The van der Waals surface area contributed by atoms with Gasteiger partial charge in [-0.3, -0.25) is 4.79 Å². The maximum absolute atomic E-state index is 11.6. The summed E-state index contributed by atoms with van der Waals surface area (Å²) in [7, 11) is 1.27. The van der Waals surface area contributed by atoms with Crippen molar-refractivity contribution in [1.29, 1.82) is 0 Å². The van der Waals surface area contributed by atoms with Gasteiger partial charge >= 0.3 is 12.1 Å². The molecule has 3 fully saturated rings. The molecule has 0 amide bonds. The molecule has 1 heterocycles. The van der Waals surface area contributed by atoms with Gasteiger partial charge in [-0.1, -0.05) is 13.8 Å². The molecule has 1 saturated heterocycles. The summed E-state index contributed by atoms with van der Waals surface area (Å²) in [4.78, 5) is 22.9. The number of hydrogen-bond donors (Lipinski definition) is 0. The lowest BCUT2D eigenvalue weighted by molar-refractivity contribution is -0.298. The smallest absolute Gasteiger partial charge is 0.459 e. The molecule has 3 rings (SSSR count). The standard InChI is InChI=1S/C17H26O7/c1-10(18)23-13-5-11-6-17(21-8-16(2,3)9-22-17)7-12(11)14(13)24-15(19)20-4/h11-14H,5-9H2,1-4H3/t11-,12+,13+,14+/m0/s1. The van der Waals surface area contributed by atoms with Crippen molar-refractivity contribution in [2.45, 2.75) is 58.0 Å². The molecule has 24 heavy (non-hydrogen) atoms. The molecule has 1 aliphatic heterocycles. The quantitative estimate of drug-likeness (QED) is 0.712. The Kier molecular flexibility index (Phi) is 4.51. The van der Waals surface area contributed by atoms with E-state index in [0.717, 1.165) is 6.42 Å². The topological polar surface area (TPSA) is 80.3 Å². The van der Waals surface area contributed by atoms with Gasteiger partial charge in [0.1, 0.15) is 12.2 Å². The van der Waals surface area contributed by atoms with E-state index in [1.807, 2.05) is 0 Å².